The zero-order valence-electron chi connectivity index (χ0n) is 23.7. The van der Waals surface area contributed by atoms with Crippen molar-refractivity contribution in [2.75, 3.05) is 26.7 Å². The molecular formula is C25H47N5O7. The highest BCUT2D eigenvalue weighted by atomic mass is 16.5. The van der Waals surface area contributed by atoms with E-state index in [4.69, 9.17) is 5.26 Å². The number of nitrogens with zero attached hydrogens (tertiary/aromatic N) is 2. The number of rotatable bonds is 10. The van der Waals surface area contributed by atoms with Gasteiger partial charge in [0.2, 0.25) is 23.6 Å². The minimum Gasteiger partial charge on any atom is -0.468 e. The number of esters is 1. The number of amides is 4. The molecule has 37 heavy (non-hydrogen) atoms. The van der Waals surface area contributed by atoms with Crippen LogP contribution < -0.4 is 16.0 Å². The largest absolute Gasteiger partial charge is 0.468 e. The molecule has 214 valence electrons. The smallest absolute Gasteiger partial charge is 0.325 e. The van der Waals surface area contributed by atoms with Crippen molar-refractivity contribution in [3.63, 3.8) is 0 Å². The molecule has 4 amide bonds. The Bertz CT molecular complexity index is 725. The summed E-state index contributed by atoms with van der Waals surface area (Å²) >= 11 is 0. The Labute approximate surface area is 221 Å². The minimum absolute atomic E-state index is 0.0105. The lowest BCUT2D eigenvalue weighted by atomic mass is 10.1. The van der Waals surface area contributed by atoms with E-state index in [-0.39, 0.29) is 19.4 Å². The fourth-order valence-corrected chi connectivity index (χ4v) is 2.98. The molecule has 12 nitrogen and oxygen atoms in total. The highest BCUT2D eigenvalue weighted by molar-refractivity contribution is 5.93. The molecule has 1 fully saturated rings. The summed E-state index contributed by atoms with van der Waals surface area (Å²) in [6, 6.07) is -0.151. The Balaban J connectivity index is -0.00000150. The van der Waals surface area contributed by atoms with E-state index in [1.165, 1.54) is 25.4 Å². The van der Waals surface area contributed by atoms with Gasteiger partial charge in [-0.15, -0.1) is 0 Å². The van der Waals surface area contributed by atoms with Gasteiger partial charge in [-0.05, 0) is 25.7 Å². The SMILES string of the molecule is CC.CC.CCC.COC(=O)CNC(=O)C1CCCN1C(=O)CNC(=O)[C@H](CCC(O)C#N)NC(C)=O. The van der Waals surface area contributed by atoms with Gasteiger partial charge in [0.25, 0.3) is 0 Å². The second-order valence-electron chi connectivity index (χ2n) is 7.44. The van der Waals surface area contributed by atoms with E-state index >= 15 is 0 Å². The maximum absolute atomic E-state index is 12.5. The van der Waals surface area contributed by atoms with Gasteiger partial charge >= 0.3 is 5.97 Å². The topological polar surface area (TPSA) is 178 Å². The molecule has 1 saturated heterocycles. The molecule has 1 aliphatic heterocycles. The first-order valence-corrected chi connectivity index (χ1v) is 12.9. The number of aliphatic hydroxyl groups is 1. The number of likely N-dealkylation sites (tertiary alicyclic amines) is 1. The predicted molar refractivity (Wildman–Crippen MR) is 140 cm³/mol. The number of hydrogen-bond donors (Lipinski definition) is 4. The number of carbonyl (C=O) groups excluding carboxylic acids is 5. The van der Waals surface area contributed by atoms with Crippen molar-refractivity contribution < 1.29 is 33.8 Å². The van der Waals surface area contributed by atoms with E-state index in [0.717, 1.165) is 0 Å². The van der Waals surface area contributed by atoms with Crippen molar-refractivity contribution in [2.24, 2.45) is 0 Å². The first-order valence-electron chi connectivity index (χ1n) is 12.9. The fraction of sp³-hybridized carbons (Fsp3) is 0.760. The number of nitrogens with one attached hydrogen (secondary N) is 3. The van der Waals surface area contributed by atoms with E-state index < -0.39 is 54.3 Å². The fourth-order valence-electron chi connectivity index (χ4n) is 2.98. The molecule has 4 N–H and O–H groups in total. The van der Waals surface area contributed by atoms with Crippen LogP contribution in [0.4, 0.5) is 0 Å². The first kappa shape index (κ1) is 38.3. The van der Waals surface area contributed by atoms with Crippen LogP contribution in [0.1, 0.15) is 80.6 Å². The van der Waals surface area contributed by atoms with E-state index in [1.807, 2.05) is 27.7 Å². The van der Waals surface area contributed by atoms with Gasteiger partial charge in [-0.3, -0.25) is 24.0 Å². The highest BCUT2D eigenvalue weighted by Gasteiger charge is 2.34. The van der Waals surface area contributed by atoms with Crippen LogP contribution in [-0.4, -0.2) is 84.5 Å². The molecule has 0 bridgehead atoms. The number of methoxy groups -OCH3 is 1. The average molecular weight is 530 g/mol. The number of hydrogen-bond acceptors (Lipinski definition) is 8. The summed E-state index contributed by atoms with van der Waals surface area (Å²) in [6.07, 6.45) is 0.974. The normalized spacial score (nSPS) is 14.8. The third kappa shape index (κ3) is 17.8. The third-order valence-electron chi connectivity index (χ3n) is 4.50. The maximum atomic E-state index is 12.5. The lowest BCUT2D eigenvalue weighted by molar-refractivity contribution is -0.143. The van der Waals surface area contributed by atoms with Crippen LogP contribution in [0.5, 0.6) is 0 Å². The third-order valence-corrected chi connectivity index (χ3v) is 4.50. The van der Waals surface area contributed by atoms with Crippen molar-refractivity contribution in [3.8, 4) is 6.07 Å². The monoisotopic (exact) mass is 529 g/mol. The molecule has 0 aromatic heterocycles. The van der Waals surface area contributed by atoms with Crippen LogP contribution in [0, 0.1) is 11.3 Å². The van der Waals surface area contributed by atoms with Crippen molar-refractivity contribution >= 4 is 29.6 Å². The summed E-state index contributed by atoms with van der Waals surface area (Å²) in [4.78, 5) is 60.8. The molecule has 0 radical (unpaired) electrons. The number of carbonyl (C=O) groups is 5. The van der Waals surface area contributed by atoms with Crippen molar-refractivity contribution in [2.45, 2.75) is 98.8 Å². The number of nitriles is 1. The zero-order valence-corrected chi connectivity index (χ0v) is 23.7. The van der Waals surface area contributed by atoms with Crippen LogP contribution in [0.2, 0.25) is 0 Å². The molecule has 1 heterocycles. The van der Waals surface area contributed by atoms with Crippen LogP contribution in [0.15, 0.2) is 0 Å². The Morgan fingerprint density at radius 3 is 2.11 bits per heavy atom. The van der Waals surface area contributed by atoms with Gasteiger partial charge in [0.05, 0.1) is 19.7 Å². The lowest BCUT2D eigenvalue weighted by Crippen LogP contribution is -2.52. The summed E-state index contributed by atoms with van der Waals surface area (Å²) in [5.74, 6) is -2.71. The molecule has 1 aliphatic rings. The van der Waals surface area contributed by atoms with Gasteiger partial charge in [0.15, 0.2) is 0 Å². The van der Waals surface area contributed by atoms with Crippen molar-refractivity contribution in [3.05, 3.63) is 0 Å². The minimum atomic E-state index is -1.27. The van der Waals surface area contributed by atoms with Gasteiger partial charge in [-0.1, -0.05) is 48.0 Å². The van der Waals surface area contributed by atoms with E-state index in [0.29, 0.717) is 19.4 Å². The quantitative estimate of drug-likeness (QED) is 0.239. The molecular weight excluding hydrogens is 482 g/mol. The Morgan fingerprint density at radius 2 is 1.62 bits per heavy atom. The molecule has 0 aromatic rings. The van der Waals surface area contributed by atoms with Gasteiger partial charge in [-0.25, -0.2) is 0 Å². The van der Waals surface area contributed by atoms with Crippen LogP contribution in [-0.2, 0) is 28.7 Å². The first-order chi connectivity index (χ1) is 17.6. The van der Waals surface area contributed by atoms with Gasteiger partial charge in [-0.2, -0.15) is 5.26 Å². The van der Waals surface area contributed by atoms with Crippen LogP contribution in [0.3, 0.4) is 0 Å². The van der Waals surface area contributed by atoms with Crippen LogP contribution >= 0.6 is 0 Å². The van der Waals surface area contributed by atoms with E-state index in [1.54, 1.807) is 6.07 Å². The average Bonchev–Trinajstić information content (AvgIpc) is 3.40. The van der Waals surface area contributed by atoms with Crippen molar-refractivity contribution in [1.29, 1.82) is 5.26 Å². The second-order valence-corrected chi connectivity index (χ2v) is 7.44. The Kier molecular flexibility index (Phi) is 25.4. The predicted octanol–water partition coefficient (Wildman–Crippen LogP) is 1.02. The van der Waals surface area contributed by atoms with Gasteiger partial charge in [0.1, 0.15) is 24.7 Å². The van der Waals surface area contributed by atoms with Crippen LogP contribution in [0.25, 0.3) is 0 Å². The van der Waals surface area contributed by atoms with Gasteiger partial charge < -0.3 is 30.7 Å². The summed E-state index contributed by atoms with van der Waals surface area (Å²) < 4.78 is 4.45. The maximum Gasteiger partial charge on any atom is 0.325 e. The number of ether oxygens (including phenoxy) is 1. The summed E-state index contributed by atoms with van der Waals surface area (Å²) in [6.45, 7) is 13.1. The summed E-state index contributed by atoms with van der Waals surface area (Å²) in [5.41, 5.74) is 0. The Hall–Kier alpha value is -3.20. The molecule has 3 atom stereocenters. The summed E-state index contributed by atoms with van der Waals surface area (Å²) in [5, 5.41) is 25.2. The van der Waals surface area contributed by atoms with Crippen molar-refractivity contribution in [1.82, 2.24) is 20.9 Å². The molecule has 1 rings (SSSR count). The molecule has 0 aromatic carbocycles. The highest BCUT2D eigenvalue weighted by Crippen LogP contribution is 2.17. The second kappa shape index (κ2) is 24.5. The molecule has 0 saturated carbocycles. The molecule has 0 spiro atoms. The van der Waals surface area contributed by atoms with E-state index in [2.05, 4.69) is 34.5 Å². The summed E-state index contributed by atoms with van der Waals surface area (Å²) in [7, 11) is 1.19. The molecule has 12 heteroatoms. The van der Waals surface area contributed by atoms with E-state index in [9.17, 15) is 29.1 Å². The standard InChI is InChI=1S/C18H27N5O7.C3H8.2C2H6/c1-11(24)22-13(6-5-12(25)8-19)17(28)20-9-15(26)23-7-3-4-14(23)18(29)21-10-16(27)30-2;1-3-2;2*1-2/h12-14,25H,3-7,9-10H2,1-2H3,(H,20,28)(H,21,29)(H,22,24);3H2,1-2H3;2*1-2H3/t12?,13-,14?;;;/m0.../s1. The Morgan fingerprint density at radius 1 is 1.05 bits per heavy atom. The zero-order chi connectivity index (χ0) is 29.4. The van der Waals surface area contributed by atoms with Gasteiger partial charge in [0, 0.05) is 13.5 Å². The lowest BCUT2D eigenvalue weighted by Gasteiger charge is -2.24. The number of aliphatic hydroxyl groups excluding tert-OH is 1. The molecule has 2 unspecified atom stereocenters. The molecule has 0 aliphatic carbocycles.